The number of carbonyl (C=O) groups excluding carboxylic acids is 1. The van der Waals surface area contributed by atoms with Gasteiger partial charge in [-0.2, -0.15) is 23.5 Å². The molecule has 1 atom stereocenters. The van der Waals surface area contributed by atoms with Crippen LogP contribution in [0.5, 0.6) is 0 Å². The van der Waals surface area contributed by atoms with Crippen molar-refractivity contribution in [3.63, 3.8) is 0 Å². The SMILES string of the molecule is C[C@@H](C#N)CNC(=O)c1ccn(-c2cccc(C(F)(F)F)c2)n1. The number of hydrogen-bond acceptors (Lipinski definition) is 3. The number of nitrogens with one attached hydrogen (secondary N) is 1. The van der Waals surface area contributed by atoms with Gasteiger partial charge < -0.3 is 5.32 Å². The van der Waals surface area contributed by atoms with E-state index >= 15 is 0 Å². The highest BCUT2D eigenvalue weighted by Gasteiger charge is 2.30. The Labute approximate surface area is 130 Å². The number of rotatable bonds is 4. The van der Waals surface area contributed by atoms with Gasteiger partial charge >= 0.3 is 6.18 Å². The Morgan fingerprint density at radius 1 is 1.43 bits per heavy atom. The van der Waals surface area contributed by atoms with Crippen molar-refractivity contribution >= 4 is 5.91 Å². The normalized spacial score (nSPS) is 12.5. The first kappa shape index (κ1) is 16.5. The lowest BCUT2D eigenvalue weighted by molar-refractivity contribution is -0.137. The zero-order valence-electron chi connectivity index (χ0n) is 12.1. The summed E-state index contributed by atoms with van der Waals surface area (Å²) in [6.07, 6.45) is -3.05. The fraction of sp³-hybridized carbons (Fsp3) is 0.267. The number of benzene rings is 1. The lowest BCUT2D eigenvalue weighted by Gasteiger charge is -2.08. The standard InChI is InChI=1S/C15H13F3N4O/c1-10(8-19)9-20-14(23)13-5-6-22(21-13)12-4-2-3-11(7-12)15(16,17)18/h2-7,10H,9H2,1H3,(H,20,23)/t10-/m0/s1. The summed E-state index contributed by atoms with van der Waals surface area (Å²) in [6.45, 7) is 1.83. The quantitative estimate of drug-likeness (QED) is 0.941. The topological polar surface area (TPSA) is 70.7 Å². The molecule has 2 aromatic rings. The van der Waals surface area contributed by atoms with Gasteiger partial charge in [0.1, 0.15) is 0 Å². The van der Waals surface area contributed by atoms with E-state index in [1.54, 1.807) is 6.92 Å². The Morgan fingerprint density at radius 2 is 2.17 bits per heavy atom. The Balaban J connectivity index is 2.16. The van der Waals surface area contributed by atoms with Gasteiger partial charge in [0.15, 0.2) is 5.69 Å². The number of aromatic nitrogens is 2. The van der Waals surface area contributed by atoms with Crippen molar-refractivity contribution in [1.82, 2.24) is 15.1 Å². The summed E-state index contributed by atoms with van der Waals surface area (Å²) in [7, 11) is 0. The summed E-state index contributed by atoms with van der Waals surface area (Å²) in [5.41, 5.74) is -0.531. The van der Waals surface area contributed by atoms with Crippen molar-refractivity contribution in [2.75, 3.05) is 6.54 Å². The van der Waals surface area contributed by atoms with E-state index in [2.05, 4.69) is 10.4 Å². The third-order valence-corrected chi connectivity index (χ3v) is 3.05. The summed E-state index contributed by atoms with van der Waals surface area (Å²) in [5.74, 6) is -0.831. The summed E-state index contributed by atoms with van der Waals surface area (Å²) >= 11 is 0. The second-order valence-corrected chi connectivity index (χ2v) is 4.93. The molecule has 1 aromatic carbocycles. The molecular weight excluding hydrogens is 309 g/mol. The smallest absolute Gasteiger partial charge is 0.349 e. The van der Waals surface area contributed by atoms with E-state index in [0.717, 1.165) is 12.1 Å². The molecule has 0 aliphatic heterocycles. The maximum absolute atomic E-state index is 12.7. The molecule has 0 spiro atoms. The van der Waals surface area contributed by atoms with Gasteiger partial charge in [-0.3, -0.25) is 4.79 Å². The minimum Gasteiger partial charge on any atom is -0.349 e. The van der Waals surface area contributed by atoms with E-state index in [-0.39, 0.29) is 23.8 Å². The average molecular weight is 322 g/mol. The van der Waals surface area contributed by atoms with Crippen molar-refractivity contribution in [2.45, 2.75) is 13.1 Å². The van der Waals surface area contributed by atoms with Crippen LogP contribution in [0.2, 0.25) is 0 Å². The highest BCUT2D eigenvalue weighted by Crippen LogP contribution is 2.30. The fourth-order valence-corrected chi connectivity index (χ4v) is 1.80. The average Bonchev–Trinajstić information content (AvgIpc) is 3.01. The second kappa shape index (κ2) is 6.52. The molecule has 0 radical (unpaired) electrons. The predicted octanol–water partition coefficient (Wildman–Crippen LogP) is 2.78. The van der Waals surface area contributed by atoms with Crippen LogP contribution in [0.3, 0.4) is 0 Å². The Morgan fingerprint density at radius 3 is 2.83 bits per heavy atom. The van der Waals surface area contributed by atoms with Crippen molar-refractivity contribution in [2.24, 2.45) is 5.92 Å². The van der Waals surface area contributed by atoms with E-state index < -0.39 is 17.6 Å². The molecule has 0 unspecified atom stereocenters. The van der Waals surface area contributed by atoms with Crippen LogP contribution in [0.1, 0.15) is 23.0 Å². The molecule has 23 heavy (non-hydrogen) atoms. The van der Waals surface area contributed by atoms with Crippen LogP contribution < -0.4 is 5.32 Å². The largest absolute Gasteiger partial charge is 0.416 e. The molecule has 0 fully saturated rings. The lowest BCUT2D eigenvalue weighted by atomic mass is 10.2. The molecule has 1 amide bonds. The van der Waals surface area contributed by atoms with Crippen LogP contribution in [0.15, 0.2) is 36.5 Å². The van der Waals surface area contributed by atoms with Crippen molar-refractivity contribution in [1.29, 1.82) is 5.26 Å². The molecule has 120 valence electrons. The lowest BCUT2D eigenvalue weighted by Crippen LogP contribution is -2.28. The second-order valence-electron chi connectivity index (χ2n) is 4.93. The monoisotopic (exact) mass is 322 g/mol. The maximum atomic E-state index is 12.7. The van der Waals surface area contributed by atoms with Gasteiger partial charge in [0.2, 0.25) is 0 Å². The molecule has 1 heterocycles. The first-order chi connectivity index (χ1) is 10.8. The Kier molecular flexibility index (Phi) is 4.69. The number of carbonyl (C=O) groups is 1. The summed E-state index contributed by atoms with van der Waals surface area (Å²) in [5, 5.41) is 15.1. The Bertz CT molecular complexity index is 746. The third kappa shape index (κ3) is 4.10. The molecular formula is C15H13F3N4O. The number of halogens is 3. The maximum Gasteiger partial charge on any atom is 0.416 e. The summed E-state index contributed by atoms with van der Waals surface area (Å²) < 4.78 is 39.3. The van der Waals surface area contributed by atoms with E-state index in [1.807, 2.05) is 6.07 Å². The van der Waals surface area contributed by atoms with E-state index in [1.165, 1.54) is 29.1 Å². The molecule has 1 aromatic heterocycles. The molecule has 0 saturated heterocycles. The predicted molar refractivity (Wildman–Crippen MR) is 75.7 cm³/mol. The number of nitrogens with zero attached hydrogens (tertiary/aromatic N) is 3. The molecule has 8 heteroatoms. The van der Waals surface area contributed by atoms with Crippen molar-refractivity contribution in [3.8, 4) is 11.8 Å². The molecule has 0 saturated carbocycles. The van der Waals surface area contributed by atoms with Gasteiger partial charge in [-0.15, -0.1) is 0 Å². The van der Waals surface area contributed by atoms with E-state index in [4.69, 9.17) is 5.26 Å². The van der Waals surface area contributed by atoms with Crippen LogP contribution in [0.25, 0.3) is 5.69 Å². The number of hydrogen-bond donors (Lipinski definition) is 1. The highest BCUT2D eigenvalue weighted by atomic mass is 19.4. The van der Waals surface area contributed by atoms with Crippen molar-refractivity contribution in [3.05, 3.63) is 47.8 Å². The molecule has 1 N–H and O–H groups in total. The van der Waals surface area contributed by atoms with E-state index in [0.29, 0.717) is 0 Å². The van der Waals surface area contributed by atoms with Gasteiger partial charge in [-0.1, -0.05) is 6.07 Å². The minimum absolute atomic E-state index is 0.0625. The number of amides is 1. The van der Waals surface area contributed by atoms with Crippen molar-refractivity contribution < 1.29 is 18.0 Å². The van der Waals surface area contributed by atoms with Gasteiger partial charge in [-0.05, 0) is 31.2 Å². The Hall–Kier alpha value is -2.82. The molecule has 0 bridgehead atoms. The van der Waals surface area contributed by atoms with Gasteiger partial charge in [0.05, 0.1) is 23.2 Å². The number of nitriles is 1. The van der Waals surface area contributed by atoms with Crippen LogP contribution in [-0.2, 0) is 6.18 Å². The van der Waals surface area contributed by atoms with Crippen LogP contribution in [0, 0.1) is 17.2 Å². The van der Waals surface area contributed by atoms with Gasteiger partial charge in [0.25, 0.3) is 5.91 Å². The number of alkyl halides is 3. The first-order valence-corrected chi connectivity index (χ1v) is 6.72. The summed E-state index contributed by atoms with van der Waals surface area (Å²) in [6, 6.07) is 8.02. The zero-order valence-corrected chi connectivity index (χ0v) is 12.1. The fourth-order valence-electron chi connectivity index (χ4n) is 1.80. The van der Waals surface area contributed by atoms with Crippen LogP contribution >= 0.6 is 0 Å². The van der Waals surface area contributed by atoms with E-state index in [9.17, 15) is 18.0 Å². The van der Waals surface area contributed by atoms with Gasteiger partial charge in [-0.25, -0.2) is 4.68 Å². The minimum atomic E-state index is -4.45. The molecule has 0 aliphatic carbocycles. The molecule has 5 nitrogen and oxygen atoms in total. The third-order valence-electron chi connectivity index (χ3n) is 3.05. The molecule has 2 rings (SSSR count). The zero-order chi connectivity index (χ0) is 17.0. The first-order valence-electron chi connectivity index (χ1n) is 6.72. The van der Waals surface area contributed by atoms with Gasteiger partial charge in [0, 0.05) is 12.7 Å². The van der Waals surface area contributed by atoms with Crippen LogP contribution in [0.4, 0.5) is 13.2 Å². The van der Waals surface area contributed by atoms with Crippen LogP contribution in [-0.4, -0.2) is 22.2 Å². The molecule has 0 aliphatic rings. The highest BCUT2D eigenvalue weighted by molar-refractivity contribution is 5.92. The summed E-state index contributed by atoms with van der Waals surface area (Å²) in [4.78, 5) is 11.9.